The van der Waals surface area contributed by atoms with Crippen LogP contribution in [0.4, 0.5) is 18.9 Å². The molecule has 1 atom stereocenters. The maximum atomic E-state index is 12.4. The molecule has 0 bridgehead atoms. The van der Waals surface area contributed by atoms with E-state index in [2.05, 4.69) is 20.9 Å². The van der Waals surface area contributed by atoms with E-state index in [-0.39, 0.29) is 11.6 Å². The van der Waals surface area contributed by atoms with Crippen LogP contribution in [-0.2, 0) is 4.79 Å². The van der Waals surface area contributed by atoms with Crippen molar-refractivity contribution in [2.45, 2.75) is 19.2 Å². The lowest BCUT2D eigenvalue weighted by atomic mass is 10.2. The summed E-state index contributed by atoms with van der Waals surface area (Å²) in [7, 11) is 0. The summed E-state index contributed by atoms with van der Waals surface area (Å²) in [6.07, 6.45) is -5.46. The van der Waals surface area contributed by atoms with E-state index in [0.29, 0.717) is 9.50 Å². The molecule has 98 valence electrons. The van der Waals surface area contributed by atoms with Crippen molar-refractivity contribution < 1.29 is 22.7 Å². The maximum Gasteiger partial charge on any atom is 0.406 e. The Balaban J connectivity index is 2.42. The normalized spacial score (nSPS) is 19.5. The van der Waals surface area contributed by atoms with E-state index < -0.39 is 24.7 Å². The first-order chi connectivity index (χ1) is 8.28. The Morgan fingerprint density at radius 2 is 2.17 bits per heavy atom. The minimum Gasteiger partial charge on any atom is -0.463 e. The summed E-state index contributed by atoms with van der Waals surface area (Å²) in [6.45, 7) is 0.0348. The highest BCUT2D eigenvalue weighted by Gasteiger charge is 2.40. The van der Waals surface area contributed by atoms with Gasteiger partial charge in [0, 0.05) is 0 Å². The number of carbonyl (C=O) groups excluding carboxylic acids is 1. The molecular formula is C10H8BrF3N2O2. The van der Waals surface area contributed by atoms with Crippen LogP contribution in [0.3, 0.4) is 0 Å². The van der Waals surface area contributed by atoms with Crippen LogP contribution in [0.5, 0.6) is 5.88 Å². The average Bonchev–Trinajstić information content (AvgIpc) is 2.23. The number of pyridine rings is 1. The molecule has 1 aliphatic heterocycles. The highest BCUT2D eigenvalue weighted by molar-refractivity contribution is 9.10. The van der Waals surface area contributed by atoms with Gasteiger partial charge in [0.1, 0.15) is 16.8 Å². The van der Waals surface area contributed by atoms with Gasteiger partial charge in [0.15, 0.2) is 6.10 Å². The topological polar surface area (TPSA) is 42.4 Å². The lowest BCUT2D eigenvalue weighted by molar-refractivity contribution is -0.137. The first kappa shape index (κ1) is 13.1. The second-order valence-corrected chi connectivity index (χ2v) is 4.57. The van der Waals surface area contributed by atoms with Crippen molar-refractivity contribution >= 4 is 27.5 Å². The van der Waals surface area contributed by atoms with Crippen LogP contribution in [0.2, 0.25) is 0 Å². The van der Waals surface area contributed by atoms with Crippen molar-refractivity contribution in [3.05, 3.63) is 16.7 Å². The highest BCUT2D eigenvalue weighted by Crippen LogP contribution is 2.35. The molecule has 18 heavy (non-hydrogen) atoms. The Morgan fingerprint density at radius 1 is 1.50 bits per heavy atom. The Hall–Kier alpha value is -1.31. The molecular weight excluding hydrogens is 317 g/mol. The zero-order valence-electron chi connectivity index (χ0n) is 9.16. The quantitative estimate of drug-likeness (QED) is 0.745. The Kier molecular flexibility index (Phi) is 3.22. The largest absolute Gasteiger partial charge is 0.463 e. The maximum absolute atomic E-state index is 12.4. The molecule has 2 heterocycles. The zero-order valence-corrected chi connectivity index (χ0v) is 10.7. The van der Waals surface area contributed by atoms with E-state index >= 15 is 0 Å². The van der Waals surface area contributed by atoms with Gasteiger partial charge < -0.3 is 4.74 Å². The third-order valence-electron chi connectivity index (χ3n) is 2.34. The molecule has 0 saturated carbocycles. The van der Waals surface area contributed by atoms with Crippen LogP contribution in [-0.4, -0.2) is 29.7 Å². The van der Waals surface area contributed by atoms with E-state index in [9.17, 15) is 18.0 Å². The summed E-state index contributed by atoms with van der Waals surface area (Å²) >= 11 is 3.09. The van der Waals surface area contributed by atoms with Crippen LogP contribution < -0.4 is 9.64 Å². The van der Waals surface area contributed by atoms with Gasteiger partial charge in [-0.2, -0.15) is 13.2 Å². The number of halogens is 4. The fourth-order valence-electron chi connectivity index (χ4n) is 1.60. The minimum atomic E-state index is -4.48. The number of nitrogens with zero attached hydrogens (tertiary/aromatic N) is 2. The molecule has 0 aliphatic carbocycles. The lowest BCUT2D eigenvalue weighted by Crippen LogP contribution is -2.48. The number of fused-ring (bicyclic) bond motifs is 1. The van der Waals surface area contributed by atoms with Crippen molar-refractivity contribution in [1.82, 2.24) is 4.98 Å². The first-order valence-corrected chi connectivity index (χ1v) is 5.78. The zero-order chi connectivity index (χ0) is 13.5. The van der Waals surface area contributed by atoms with Gasteiger partial charge in [-0.05, 0) is 35.0 Å². The minimum absolute atomic E-state index is 0.0146. The second kappa shape index (κ2) is 4.42. The number of carbonyl (C=O) groups is 1. The number of amides is 1. The van der Waals surface area contributed by atoms with Gasteiger partial charge in [0.05, 0.1) is 0 Å². The summed E-state index contributed by atoms with van der Waals surface area (Å²) in [5, 5.41) is 0. The van der Waals surface area contributed by atoms with Gasteiger partial charge in [0.2, 0.25) is 5.88 Å². The van der Waals surface area contributed by atoms with Crippen LogP contribution in [0, 0.1) is 0 Å². The number of hydrogen-bond donors (Lipinski definition) is 0. The summed E-state index contributed by atoms with van der Waals surface area (Å²) < 4.78 is 42.9. The number of aromatic nitrogens is 1. The van der Waals surface area contributed by atoms with Crippen molar-refractivity contribution in [3.63, 3.8) is 0 Å². The summed E-state index contributed by atoms with van der Waals surface area (Å²) in [5.74, 6) is -0.718. The van der Waals surface area contributed by atoms with Gasteiger partial charge in [-0.15, -0.1) is 0 Å². The van der Waals surface area contributed by atoms with Crippen molar-refractivity contribution in [2.75, 3.05) is 11.4 Å². The van der Waals surface area contributed by atoms with Crippen LogP contribution in [0.15, 0.2) is 16.7 Å². The molecule has 2 rings (SSSR count). The molecule has 1 unspecified atom stereocenters. The third-order valence-corrected chi connectivity index (χ3v) is 2.78. The Morgan fingerprint density at radius 3 is 2.78 bits per heavy atom. The summed E-state index contributed by atoms with van der Waals surface area (Å²) in [5.41, 5.74) is 0.0265. The predicted molar refractivity (Wildman–Crippen MR) is 60.4 cm³/mol. The smallest absolute Gasteiger partial charge is 0.406 e. The van der Waals surface area contributed by atoms with Crippen LogP contribution >= 0.6 is 15.9 Å². The molecule has 0 fully saturated rings. The van der Waals surface area contributed by atoms with Crippen molar-refractivity contribution in [2.24, 2.45) is 0 Å². The molecule has 0 aromatic carbocycles. The summed E-state index contributed by atoms with van der Waals surface area (Å²) in [6, 6.07) is 2.82. The second-order valence-electron chi connectivity index (χ2n) is 3.76. The summed E-state index contributed by atoms with van der Waals surface area (Å²) in [4.78, 5) is 16.3. The average molecular weight is 325 g/mol. The Labute approximate surface area is 109 Å². The number of alkyl halides is 3. The monoisotopic (exact) mass is 324 g/mol. The lowest BCUT2D eigenvalue weighted by Gasteiger charge is -2.32. The molecule has 0 spiro atoms. The number of anilines is 1. The highest BCUT2D eigenvalue weighted by atomic mass is 79.9. The molecule has 1 aromatic heterocycles. The molecule has 0 saturated heterocycles. The van der Waals surface area contributed by atoms with E-state index in [4.69, 9.17) is 4.74 Å². The Bertz CT molecular complexity index is 493. The van der Waals surface area contributed by atoms with Gasteiger partial charge in [-0.1, -0.05) is 0 Å². The molecule has 1 aromatic rings. The van der Waals surface area contributed by atoms with E-state index in [0.717, 1.165) is 0 Å². The van der Waals surface area contributed by atoms with Crippen LogP contribution in [0.1, 0.15) is 6.92 Å². The molecule has 4 nitrogen and oxygen atoms in total. The van der Waals surface area contributed by atoms with Gasteiger partial charge >= 0.3 is 6.18 Å². The number of rotatable bonds is 1. The van der Waals surface area contributed by atoms with Crippen LogP contribution in [0.25, 0.3) is 0 Å². The van der Waals surface area contributed by atoms with E-state index in [1.54, 1.807) is 0 Å². The molecule has 1 amide bonds. The van der Waals surface area contributed by atoms with E-state index in [1.165, 1.54) is 19.1 Å². The predicted octanol–water partition coefficient (Wildman–Crippen LogP) is 2.52. The van der Waals surface area contributed by atoms with E-state index in [1.807, 2.05) is 0 Å². The molecule has 0 radical (unpaired) electrons. The first-order valence-electron chi connectivity index (χ1n) is 4.99. The number of hydrogen-bond acceptors (Lipinski definition) is 3. The number of ether oxygens (including phenoxy) is 1. The fraction of sp³-hybridized carbons (Fsp3) is 0.400. The van der Waals surface area contributed by atoms with Crippen molar-refractivity contribution in [1.29, 1.82) is 0 Å². The molecule has 1 aliphatic rings. The van der Waals surface area contributed by atoms with Crippen molar-refractivity contribution in [3.8, 4) is 5.88 Å². The standard InChI is InChI=1S/C10H8BrF3N2O2/c1-5-9(17)16(4-10(12,13)14)6-2-3-7(11)15-8(6)18-5/h2-3,5H,4H2,1H3. The van der Waals surface area contributed by atoms with Gasteiger partial charge in [-0.25, -0.2) is 4.98 Å². The third kappa shape index (κ3) is 2.58. The van der Waals surface area contributed by atoms with Gasteiger partial charge in [0.25, 0.3) is 5.91 Å². The molecule has 8 heteroatoms. The van der Waals surface area contributed by atoms with Gasteiger partial charge in [-0.3, -0.25) is 9.69 Å². The fourth-order valence-corrected chi connectivity index (χ4v) is 1.89. The SMILES string of the molecule is CC1Oc2nc(Br)ccc2N(CC(F)(F)F)C1=O. The molecule has 0 N–H and O–H groups in total.